The van der Waals surface area contributed by atoms with Gasteiger partial charge in [-0.1, -0.05) is 0 Å². The first-order valence-corrected chi connectivity index (χ1v) is 10.1. The third-order valence-corrected chi connectivity index (χ3v) is 6.03. The highest BCUT2D eigenvalue weighted by Crippen LogP contribution is 2.51. The van der Waals surface area contributed by atoms with Crippen LogP contribution in [0.15, 0.2) is 24.3 Å². The number of Topliss-reactive ketones (excluding diaryl/α,β-unsaturated/α-hetero) is 1. The number of hydrogen-bond acceptors (Lipinski definition) is 7. The molecule has 5 rings (SSSR count). The van der Waals surface area contributed by atoms with E-state index in [0.29, 0.717) is 41.1 Å². The lowest BCUT2D eigenvalue weighted by atomic mass is 9.87. The molecule has 0 radical (unpaired) electrons. The summed E-state index contributed by atoms with van der Waals surface area (Å²) in [4.78, 5) is 12.6. The highest BCUT2D eigenvalue weighted by Gasteiger charge is 2.42. The second kappa shape index (κ2) is 6.83. The van der Waals surface area contributed by atoms with Crippen LogP contribution >= 0.6 is 0 Å². The highest BCUT2D eigenvalue weighted by molar-refractivity contribution is 5.98. The smallest absolute Gasteiger partial charge is 0.180 e. The van der Waals surface area contributed by atoms with Crippen LogP contribution in [0.3, 0.4) is 0 Å². The SMILES string of the molecule is COC1=C2c3cc(OC)c(OC)cc3OCC2Oc2c1ccc1c2CC(=O)C(C)(C)O1. The molecule has 0 saturated carbocycles. The fourth-order valence-electron chi connectivity index (χ4n) is 4.37. The summed E-state index contributed by atoms with van der Waals surface area (Å²) in [7, 11) is 4.81. The standard InChI is InChI=1S/C24H24O7/c1-24(2)20(25)9-14-15(31-24)7-6-12-22(14)30-19-11-29-16-10-18(27-4)17(26-3)8-13(16)21(19)23(12)28-5/h6-8,10,19H,9,11H2,1-5H3. The van der Waals surface area contributed by atoms with Gasteiger partial charge in [0.1, 0.15) is 29.6 Å². The van der Waals surface area contributed by atoms with Crippen molar-refractivity contribution in [1.82, 2.24) is 0 Å². The van der Waals surface area contributed by atoms with E-state index in [0.717, 1.165) is 22.3 Å². The number of benzene rings is 2. The molecule has 7 nitrogen and oxygen atoms in total. The van der Waals surface area contributed by atoms with E-state index in [1.807, 2.05) is 24.3 Å². The van der Waals surface area contributed by atoms with Crippen LogP contribution in [0.4, 0.5) is 0 Å². The van der Waals surface area contributed by atoms with Crippen molar-refractivity contribution in [2.45, 2.75) is 32.0 Å². The van der Waals surface area contributed by atoms with Crippen LogP contribution in [0, 0.1) is 0 Å². The van der Waals surface area contributed by atoms with Crippen molar-refractivity contribution >= 4 is 17.1 Å². The van der Waals surface area contributed by atoms with Crippen molar-refractivity contribution in [1.29, 1.82) is 0 Å². The van der Waals surface area contributed by atoms with Crippen LogP contribution in [0.25, 0.3) is 11.3 Å². The summed E-state index contributed by atoms with van der Waals surface area (Å²) in [6.45, 7) is 3.86. The average Bonchev–Trinajstić information content (AvgIpc) is 2.77. The summed E-state index contributed by atoms with van der Waals surface area (Å²) in [6, 6.07) is 7.47. The third-order valence-electron chi connectivity index (χ3n) is 6.03. The van der Waals surface area contributed by atoms with Gasteiger partial charge in [-0.25, -0.2) is 0 Å². The molecule has 1 unspecified atom stereocenters. The van der Waals surface area contributed by atoms with Crippen molar-refractivity contribution in [2.75, 3.05) is 27.9 Å². The average molecular weight is 424 g/mol. The van der Waals surface area contributed by atoms with Gasteiger partial charge in [0.15, 0.2) is 29.0 Å². The molecule has 0 spiro atoms. The summed E-state index contributed by atoms with van der Waals surface area (Å²) in [5.41, 5.74) is 2.37. The molecule has 0 aliphatic carbocycles. The molecule has 0 N–H and O–H groups in total. The molecule has 0 bridgehead atoms. The Bertz CT molecular complexity index is 1130. The molecule has 0 aromatic heterocycles. The zero-order valence-corrected chi connectivity index (χ0v) is 18.2. The van der Waals surface area contributed by atoms with Crippen molar-refractivity contribution in [2.24, 2.45) is 0 Å². The minimum Gasteiger partial charge on any atom is -0.496 e. The van der Waals surface area contributed by atoms with Gasteiger partial charge in [0, 0.05) is 29.2 Å². The first kappa shape index (κ1) is 19.6. The Balaban J connectivity index is 1.71. The third kappa shape index (κ3) is 2.83. The van der Waals surface area contributed by atoms with Gasteiger partial charge in [0.05, 0.1) is 26.9 Å². The fraction of sp³-hybridized carbons (Fsp3) is 0.375. The van der Waals surface area contributed by atoms with Gasteiger partial charge in [0.25, 0.3) is 0 Å². The number of carbonyl (C=O) groups excluding carboxylic acids is 1. The van der Waals surface area contributed by atoms with Crippen molar-refractivity contribution < 1.29 is 33.2 Å². The number of fused-ring (bicyclic) bond motifs is 6. The number of carbonyl (C=O) groups is 1. The van der Waals surface area contributed by atoms with E-state index in [9.17, 15) is 4.79 Å². The lowest BCUT2D eigenvalue weighted by molar-refractivity contribution is -0.132. The van der Waals surface area contributed by atoms with Crippen LogP contribution in [0.5, 0.6) is 28.7 Å². The van der Waals surface area contributed by atoms with Crippen LogP contribution in [0.2, 0.25) is 0 Å². The quantitative estimate of drug-likeness (QED) is 0.745. The Hall–Kier alpha value is -3.35. The van der Waals surface area contributed by atoms with Gasteiger partial charge in [-0.3, -0.25) is 4.79 Å². The molecule has 3 aliphatic rings. The Morgan fingerprint density at radius 3 is 2.42 bits per heavy atom. The summed E-state index contributed by atoms with van der Waals surface area (Å²) in [5.74, 6) is 3.81. The molecular weight excluding hydrogens is 400 g/mol. The second-order valence-corrected chi connectivity index (χ2v) is 8.20. The lowest BCUT2D eigenvalue weighted by Crippen LogP contribution is -2.43. The minimum absolute atomic E-state index is 0.00724. The number of ketones is 1. The normalized spacial score (nSPS) is 20.2. The number of rotatable bonds is 3. The molecule has 3 aliphatic heterocycles. The van der Waals surface area contributed by atoms with Crippen LogP contribution in [-0.2, 0) is 16.0 Å². The van der Waals surface area contributed by atoms with E-state index in [1.165, 1.54) is 0 Å². The predicted molar refractivity (Wildman–Crippen MR) is 113 cm³/mol. The zero-order valence-electron chi connectivity index (χ0n) is 18.2. The molecule has 2 aromatic rings. The predicted octanol–water partition coefficient (Wildman–Crippen LogP) is 3.65. The molecule has 2 aromatic carbocycles. The maximum atomic E-state index is 12.6. The Labute approximate surface area is 180 Å². The molecule has 0 fully saturated rings. The van der Waals surface area contributed by atoms with Crippen LogP contribution < -0.4 is 23.7 Å². The Morgan fingerprint density at radius 2 is 1.71 bits per heavy atom. The van der Waals surface area contributed by atoms with Gasteiger partial charge in [-0.05, 0) is 32.0 Å². The van der Waals surface area contributed by atoms with Crippen LogP contribution in [0.1, 0.15) is 30.5 Å². The fourth-order valence-corrected chi connectivity index (χ4v) is 4.37. The van der Waals surface area contributed by atoms with Gasteiger partial charge in [0.2, 0.25) is 0 Å². The van der Waals surface area contributed by atoms with E-state index in [2.05, 4.69) is 0 Å². The Morgan fingerprint density at radius 1 is 0.968 bits per heavy atom. The Kier molecular flexibility index (Phi) is 4.32. The van der Waals surface area contributed by atoms with Crippen LogP contribution in [-0.4, -0.2) is 45.4 Å². The van der Waals surface area contributed by atoms with E-state index in [-0.39, 0.29) is 12.2 Å². The molecule has 162 valence electrons. The maximum absolute atomic E-state index is 12.6. The lowest BCUT2D eigenvalue weighted by Gasteiger charge is -2.38. The van der Waals surface area contributed by atoms with Crippen molar-refractivity contribution in [3.63, 3.8) is 0 Å². The highest BCUT2D eigenvalue weighted by atomic mass is 16.5. The van der Waals surface area contributed by atoms with E-state index >= 15 is 0 Å². The molecular formula is C24H24O7. The summed E-state index contributed by atoms with van der Waals surface area (Å²) in [5, 5.41) is 0. The summed E-state index contributed by atoms with van der Waals surface area (Å²) >= 11 is 0. The molecule has 0 saturated heterocycles. The molecule has 3 heterocycles. The van der Waals surface area contributed by atoms with Gasteiger partial charge >= 0.3 is 0 Å². The number of methoxy groups -OCH3 is 3. The maximum Gasteiger partial charge on any atom is 0.180 e. The summed E-state index contributed by atoms with van der Waals surface area (Å²) < 4.78 is 35.1. The topological polar surface area (TPSA) is 72.5 Å². The zero-order chi connectivity index (χ0) is 21.9. The molecule has 7 heteroatoms. The second-order valence-electron chi connectivity index (χ2n) is 8.20. The van der Waals surface area contributed by atoms with Crippen molar-refractivity contribution in [3.8, 4) is 28.7 Å². The van der Waals surface area contributed by atoms with Crippen molar-refractivity contribution in [3.05, 3.63) is 41.0 Å². The first-order chi connectivity index (χ1) is 14.9. The molecule has 0 amide bonds. The van der Waals surface area contributed by atoms with E-state index in [4.69, 9.17) is 28.4 Å². The van der Waals surface area contributed by atoms with E-state index < -0.39 is 11.7 Å². The molecule has 1 atom stereocenters. The molecule has 31 heavy (non-hydrogen) atoms. The number of hydrogen-bond donors (Lipinski definition) is 0. The largest absolute Gasteiger partial charge is 0.496 e. The summed E-state index contributed by atoms with van der Waals surface area (Å²) in [6.07, 6.45) is -0.155. The number of ether oxygens (including phenoxy) is 6. The monoisotopic (exact) mass is 424 g/mol. The van der Waals surface area contributed by atoms with Gasteiger partial charge in [-0.15, -0.1) is 0 Å². The van der Waals surface area contributed by atoms with E-state index in [1.54, 1.807) is 35.2 Å². The van der Waals surface area contributed by atoms with Gasteiger partial charge < -0.3 is 28.4 Å². The minimum atomic E-state index is -0.858. The van der Waals surface area contributed by atoms with Gasteiger partial charge in [-0.2, -0.15) is 0 Å². The first-order valence-electron chi connectivity index (χ1n) is 10.1.